The van der Waals surface area contributed by atoms with Crippen LogP contribution in [0.3, 0.4) is 0 Å². The molecule has 1 N–H and O–H groups in total. The third-order valence-electron chi connectivity index (χ3n) is 3.29. The van der Waals surface area contributed by atoms with E-state index in [9.17, 15) is 13.5 Å². The first kappa shape index (κ1) is 15.9. The quantitative estimate of drug-likeness (QED) is 0.725. The lowest BCUT2D eigenvalue weighted by atomic mass is 9.94. The summed E-state index contributed by atoms with van der Waals surface area (Å²) in [6.45, 7) is 4.02. The summed E-state index contributed by atoms with van der Waals surface area (Å²) >= 11 is 0. The van der Waals surface area contributed by atoms with Crippen LogP contribution in [0.2, 0.25) is 0 Å². The van der Waals surface area contributed by atoms with Gasteiger partial charge in [0.25, 0.3) is 0 Å². The van der Waals surface area contributed by atoms with Crippen LogP contribution in [-0.2, 0) is 14.6 Å². The number of sulfone groups is 1. The predicted molar refractivity (Wildman–Crippen MR) is 71.4 cm³/mol. The van der Waals surface area contributed by atoms with Crippen LogP contribution in [0, 0.1) is 0 Å². The fourth-order valence-electron chi connectivity index (χ4n) is 2.20. The average molecular weight is 279 g/mol. The molecule has 1 saturated heterocycles. The summed E-state index contributed by atoms with van der Waals surface area (Å²) in [4.78, 5) is 1.90. The highest BCUT2D eigenvalue weighted by molar-refractivity contribution is 7.91. The fourth-order valence-corrected chi connectivity index (χ4v) is 3.61. The lowest BCUT2D eigenvalue weighted by Crippen LogP contribution is -2.46. The van der Waals surface area contributed by atoms with Crippen molar-refractivity contribution in [3.63, 3.8) is 0 Å². The average Bonchev–Trinajstić information content (AvgIpc) is 2.27. The Hall–Kier alpha value is -0.170. The second-order valence-electron chi connectivity index (χ2n) is 5.23. The van der Waals surface area contributed by atoms with Gasteiger partial charge in [-0.25, -0.2) is 8.42 Å². The minimum absolute atomic E-state index is 0.171. The van der Waals surface area contributed by atoms with Crippen molar-refractivity contribution in [2.75, 3.05) is 44.9 Å². The van der Waals surface area contributed by atoms with Crippen LogP contribution >= 0.6 is 0 Å². The third-order valence-corrected chi connectivity index (χ3v) is 5.12. The summed E-state index contributed by atoms with van der Waals surface area (Å²) in [6, 6.07) is 0. The second-order valence-corrected chi connectivity index (χ2v) is 7.53. The molecule has 0 spiro atoms. The summed E-state index contributed by atoms with van der Waals surface area (Å²) in [5.41, 5.74) is -0.721. The smallest absolute Gasteiger partial charge is 0.151 e. The maximum Gasteiger partial charge on any atom is 0.151 e. The molecule has 0 radical (unpaired) electrons. The summed E-state index contributed by atoms with van der Waals surface area (Å²) in [5.74, 6) is 0.420. The van der Waals surface area contributed by atoms with Gasteiger partial charge >= 0.3 is 0 Å². The highest BCUT2D eigenvalue weighted by Gasteiger charge is 2.31. The van der Waals surface area contributed by atoms with Gasteiger partial charge in [-0.05, 0) is 13.5 Å². The highest BCUT2D eigenvalue weighted by Crippen LogP contribution is 2.21. The van der Waals surface area contributed by atoms with E-state index in [0.29, 0.717) is 45.6 Å². The van der Waals surface area contributed by atoms with Crippen molar-refractivity contribution in [1.29, 1.82) is 0 Å². The first-order valence-electron chi connectivity index (χ1n) is 6.56. The van der Waals surface area contributed by atoms with E-state index in [4.69, 9.17) is 4.74 Å². The van der Waals surface area contributed by atoms with Crippen LogP contribution in [0.15, 0.2) is 0 Å². The van der Waals surface area contributed by atoms with Crippen molar-refractivity contribution in [3.05, 3.63) is 0 Å². The normalized spacial score (nSPS) is 20.2. The second kappa shape index (κ2) is 6.84. The zero-order valence-corrected chi connectivity index (χ0v) is 12.2. The first-order valence-corrected chi connectivity index (χ1v) is 8.38. The summed E-state index contributed by atoms with van der Waals surface area (Å²) < 4.78 is 28.4. The Bertz CT molecular complexity index is 336. The Morgan fingerprint density at radius 1 is 1.28 bits per heavy atom. The molecule has 0 bridgehead atoms. The number of aliphatic hydroxyl groups is 1. The van der Waals surface area contributed by atoms with Gasteiger partial charge in [-0.1, -0.05) is 6.92 Å². The van der Waals surface area contributed by atoms with Gasteiger partial charge in [0.15, 0.2) is 9.84 Å². The van der Waals surface area contributed by atoms with E-state index in [1.54, 1.807) is 0 Å². The van der Waals surface area contributed by atoms with Crippen LogP contribution < -0.4 is 0 Å². The molecule has 1 rings (SSSR count). The van der Waals surface area contributed by atoms with Crippen molar-refractivity contribution >= 4 is 9.84 Å². The molecule has 1 aliphatic heterocycles. The van der Waals surface area contributed by atoms with E-state index in [-0.39, 0.29) is 11.5 Å². The minimum Gasteiger partial charge on any atom is -0.388 e. The van der Waals surface area contributed by atoms with E-state index in [1.807, 2.05) is 18.9 Å². The molecular formula is C12H25NO4S. The maximum atomic E-state index is 11.6. The first-order chi connectivity index (χ1) is 8.37. The standard InChI is InChI=1S/C12H25NO4S/c1-3-9-18(15,16)10-6-13(2)11-12(14)4-7-17-8-5-12/h14H,3-11H2,1-2H3. The number of hydrogen-bond acceptors (Lipinski definition) is 5. The van der Waals surface area contributed by atoms with E-state index in [1.165, 1.54) is 0 Å². The van der Waals surface area contributed by atoms with E-state index < -0.39 is 15.4 Å². The third kappa shape index (κ3) is 5.65. The Morgan fingerprint density at radius 2 is 1.89 bits per heavy atom. The molecular weight excluding hydrogens is 254 g/mol. The Kier molecular flexibility index (Phi) is 6.04. The molecule has 1 heterocycles. The molecule has 0 amide bonds. The van der Waals surface area contributed by atoms with E-state index >= 15 is 0 Å². The summed E-state index contributed by atoms with van der Waals surface area (Å²) in [7, 11) is -1.08. The van der Waals surface area contributed by atoms with Gasteiger partial charge in [0.2, 0.25) is 0 Å². The molecule has 18 heavy (non-hydrogen) atoms. The molecule has 6 heteroatoms. The van der Waals surface area contributed by atoms with Gasteiger partial charge in [-0.15, -0.1) is 0 Å². The number of hydrogen-bond donors (Lipinski definition) is 1. The monoisotopic (exact) mass is 279 g/mol. The van der Waals surface area contributed by atoms with E-state index in [2.05, 4.69) is 0 Å². The van der Waals surface area contributed by atoms with Gasteiger partial charge < -0.3 is 14.7 Å². The van der Waals surface area contributed by atoms with Gasteiger partial charge in [0.1, 0.15) is 0 Å². The Morgan fingerprint density at radius 3 is 2.44 bits per heavy atom. The molecule has 0 aromatic heterocycles. The molecule has 5 nitrogen and oxygen atoms in total. The van der Waals surface area contributed by atoms with Crippen LogP contribution in [0.25, 0.3) is 0 Å². The van der Waals surface area contributed by atoms with Crippen molar-refractivity contribution in [1.82, 2.24) is 4.90 Å². The van der Waals surface area contributed by atoms with Crippen molar-refractivity contribution < 1.29 is 18.3 Å². The molecule has 0 unspecified atom stereocenters. The lowest BCUT2D eigenvalue weighted by molar-refractivity contribution is -0.0762. The molecule has 0 atom stereocenters. The summed E-state index contributed by atoms with van der Waals surface area (Å²) in [6.07, 6.45) is 1.91. The number of rotatable bonds is 7. The van der Waals surface area contributed by atoms with Crippen LogP contribution in [-0.4, -0.2) is 68.9 Å². The topological polar surface area (TPSA) is 66.8 Å². The molecule has 0 aromatic carbocycles. The molecule has 1 aliphatic rings. The number of nitrogens with zero attached hydrogens (tertiary/aromatic N) is 1. The van der Waals surface area contributed by atoms with E-state index in [0.717, 1.165) is 0 Å². The number of likely N-dealkylation sites (N-methyl/N-ethyl adjacent to an activating group) is 1. The largest absolute Gasteiger partial charge is 0.388 e. The zero-order valence-electron chi connectivity index (χ0n) is 11.4. The Balaban J connectivity index is 2.35. The number of ether oxygens (including phenoxy) is 1. The molecule has 108 valence electrons. The van der Waals surface area contributed by atoms with Gasteiger partial charge in [0, 0.05) is 44.9 Å². The van der Waals surface area contributed by atoms with Crippen molar-refractivity contribution in [2.45, 2.75) is 31.8 Å². The minimum atomic E-state index is -2.94. The molecule has 1 fully saturated rings. The Labute approximate surface area is 110 Å². The maximum absolute atomic E-state index is 11.6. The summed E-state index contributed by atoms with van der Waals surface area (Å²) in [5, 5.41) is 10.3. The van der Waals surface area contributed by atoms with Gasteiger partial charge in [-0.3, -0.25) is 0 Å². The SMILES string of the molecule is CCCS(=O)(=O)CCN(C)CC1(O)CCOCC1. The zero-order chi connectivity index (χ0) is 13.6. The van der Waals surface area contributed by atoms with Crippen LogP contribution in [0.5, 0.6) is 0 Å². The van der Waals surface area contributed by atoms with Crippen LogP contribution in [0.1, 0.15) is 26.2 Å². The highest BCUT2D eigenvalue weighted by atomic mass is 32.2. The van der Waals surface area contributed by atoms with Crippen molar-refractivity contribution in [2.24, 2.45) is 0 Å². The molecule has 0 saturated carbocycles. The lowest BCUT2D eigenvalue weighted by Gasteiger charge is -2.35. The van der Waals surface area contributed by atoms with Gasteiger partial charge in [-0.2, -0.15) is 0 Å². The predicted octanol–water partition coefficient (Wildman–Crippen LogP) is 0.284. The van der Waals surface area contributed by atoms with Crippen molar-refractivity contribution in [3.8, 4) is 0 Å². The molecule has 0 aliphatic carbocycles. The van der Waals surface area contributed by atoms with Crippen LogP contribution in [0.4, 0.5) is 0 Å². The molecule has 0 aromatic rings. The fraction of sp³-hybridized carbons (Fsp3) is 1.00. The van der Waals surface area contributed by atoms with Gasteiger partial charge in [0.05, 0.1) is 11.4 Å².